The van der Waals surface area contributed by atoms with Crippen LogP contribution in [-0.2, 0) is 9.53 Å². The summed E-state index contributed by atoms with van der Waals surface area (Å²) in [6, 6.07) is 0.228. The highest BCUT2D eigenvalue weighted by atomic mass is 16.5. The predicted molar refractivity (Wildman–Crippen MR) is 56.1 cm³/mol. The number of ether oxygens (including phenoxy) is 1. The average molecular weight is 199 g/mol. The summed E-state index contributed by atoms with van der Waals surface area (Å²) in [5.74, 6) is -0.133. The monoisotopic (exact) mass is 199 g/mol. The minimum absolute atomic E-state index is 0.133. The molecule has 0 spiro atoms. The molecule has 1 fully saturated rings. The first kappa shape index (κ1) is 11.5. The number of methoxy groups -OCH3 is 1. The summed E-state index contributed by atoms with van der Waals surface area (Å²) >= 11 is 0. The van der Waals surface area contributed by atoms with E-state index in [2.05, 4.69) is 17.0 Å². The van der Waals surface area contributed by atoms with Crippen molar-refractivity contribution in [1.29, 1.82) is 0 Å². The van der Waals surface area contributed by atoms with Gasteiger partial charge in [0.25, 0.3) is 0 Å². The van der Waals surface area contributed by atoms with Gasteiger partial charge < -0.3 is 10.1 Å². The van der Waals surface area contributed by atoms with E-state index in [1.165, 1.54) is 26.4 Å². The number of esters is 1. The van der Waals surface area contributed by atoms with Crippen molar-refractivity contribution in [1.82, 2.24) is 5.32 Å². The van der Waals surface area contributed by atoms with Gasteiger partial charge in [0.2, 0.25) is 0 Å². The highest BCUT2D eigenvalue weighted by Crippen LogP contribution is 2.47. The van der Waals surface area contributed by atoms with E-state index in [-0.39, 0.29) is 12.0 Å². The molecule has 1 rings (SSSR count). The number of rotatable bonds is 6. The van der Waals surface area contributed by atoms with Gasteiger partial charge in [-0.05, 0) is 31.6 Å². The Kier molecular flexibility index (Phi) is 3.93. The molecule has 1 N–H and O–H groups in total. The highest BCUT2D eigenvalue weighted by Gasteiger charge is 2.40. The van der Waals surface area contributed by atoms with Crippen LogP contribution in [0, 0.1) is 5.41 Å². The average Bonchev–Trinajstić information content (AvgIpc) is 2.95. The molecule has 1 aliphatic rings. The molecule has 0 aromatic rings. The third-order valence-corrected chi connectivity index (χ3v) is 3.23. The molecule has 3 nitrogen and oxygen atoms in total. The van der Waals surface area contributed by atoms with Crippen LogP contribution in [0.25, 0.3) is 0 Å². The van der Waals surface area contributed by atoms with E-state index in [4.69, 9.17) is 0 Å². The predicted octanol–water partition coefficient (Wildman–Crippen LogP) is 1.72. The first-order chi connectivity index (χ1) is 6.62. The van der Waals surface area contributed by atoms with E-state index in [0.29, 0.717) is 11.8 Å². The van der Waals surface area contributed by atoms with Gasteiger partial charge in [0.05, 0.1) is 13.5 Å². The van der Waals surface area contributed by atoms with Crippen molar-refractivity contribution in [2.75, 3.05) is 13.7 Å². The minimum Gasteiger partial charge on any atom is -0.469 e. The second-order valence-corrected chi connectivity index (χ2v) is 4.42. The molecule has 1 saturated carbocycles. The Balaban J connectivity index is 2.14. The summed E-state index contributed by atoms with van der Waals surface area (Å²) in [6.45, 7) is 5.31. The van der Waals surface area contributed by atoms with Gasteiger partial charge in [0, 0.05) is 12.6 Å². The lowest BCUT2D eigenvalue weighted by Crippen LogP contribution is -2.33. The number of nitrogens with one attached hydrogen (secondary N) is 1. The Labute approximate surface area is 86.2 Å². The standard InChI is InChI=1S/C11H21NO2/c1-4-11(5-6-11)8-12-9(2)7-10(13)14-3/h9,12H,4-8H2,1-3H3. The zero-order chi connectivity index (χ0) is 10.6. The molecule has 82 valence electrons. The molecule has 0 aromatic heterocycles. The van der Waals surface area contributed by atoms with Crippen molar-refractivity contribution < 1.29 is 9.53 Å². The number of carbonyl (C=O) groups is 1. The summed E-state index contributed by atoms with van der Waals surface area (Å²) < 4.78 is 4.62. The SMILES string of the molecule is CCC1(CNC(C)CC(=O)OC)CC1. The molecule has 0 aromatic carbocycles. The van der Waals surface area contributed by atoms with Crippen molar-refractivity contribution in [3.05, 3.63) is 0 Å². The van der Waals surface area contributed by atoms with Gasteiger partial charge in [0.15, 0.2) is 0 Å². The van der Waals surface area contributed by atoms with Crippen LogP contribution in [-0.4, -0.2) is 25.7 Å². The van der Waals surface area contributed by atoms with Gasteiger partial charge in [-0.25, -0.2) is 0 Å². The van der Waals surface area contributed by atoms with Crippen molar-refractivity contribution >= 4 is 5.97 Å². The van der Waals surface area contributed by atoms with Gasteiger partial charge in [0.1, 0.15) is 0 Å². The summed E-state index contributed by atoms with van der Waals surface area (Å²) in [4.78, 5) is 11.0. The zero-order valence-corrected chi connectivity index (χ0v) is 9.43. The van der Waals surface area contributed by atoms with E-state index in [9.17, 15) is 4.79 Å². The molecule has 0 aliphatic heterocycles. The number of hydrogen-bond donors (Lipinski definition) is 1. The molecule has 1 unspecified atom stereocenters. The fraction of sp³-hybridized carbons (Fsp3) is 0.909. The second kappa shape index (κ2) is 4.78. The molecule has 0 heterocycles. The molecule has 3 heteroatoms. The summed E-state index contributed by atoms with van der Waals surface area (Å²) in [7, 11) is 1.43. The van der Waals surface area contributed by atoms with Gasteiger partial charge in [-0.15, -0.1) is 0 Å². The topological polar surface area (TPSA) is 38.3 Å². The lowest BCUT2D eigenvalue weighted by molar-refractivity contribution is -0.141. The van der Waals surface area contributed by atoms with Crippen molar-refractivity contribution in [3.8, 4) is 0 Å². The van der Waals surface area contributed by atoms with Crippen LogP contribution < -0.4 is 5.32 Å². The molecule has 1 atom stereocenters. The molecule has 0 amide bonds. The normalized spacial score (nSPS) is 20.2. The maximum Gasteiger partial charge on any atom is 0.307 e. The third kappa shape index (κ3) is 3.29. The maximum atomic E-state index is 11.0. The quantitative estimate of drug-likeness (QED) is 0.662. The third-order valence-electron chi connectivity index (χ3n) is 3.23. The van der Waals surface area contributed by atoms with Crippen LogP contribution in [0.15, 0.2) is 0 Å². The van der Waals surface area contributed by atoms with Crippen LogP contribution in [0.2, 0.25) is 0 Å². The van der Waals surface area contributed by atoms with Crippen LogP contribution in [0.5, 0.6) is 0 Å². The van der Waals surface area contributed by atoms with E-state index in [1.54, 1.807) is 0 Å². The minimum atomic E-state index is -0.133. The first-order valence-corrected chi connectivity index (χ1v) is 5.42. The van der Waals surface area contributed by atoms with Crippen molar-refractivity contribution in [2.45, 2.75) is 45.6 Å². The molecule has 1 aliphatic carbocycles. The largest absolute Gasteiger partial charge is 0.469 e. The highest BCUT2D eigenvalue weighted by molar-refractivity contribution is 5.69. The number of hydrogen-bond acceptors (Lipinski definition) is 3. The lowest BCUT2D eigenvalue weighted by atomic mass is 10.0. The van der Waals surface area contributed by atoms with E-state index < -0.39 is 0 Å². The second-order valence-electron chi connectivity index (χ2n) is 4.42. The smallest absolute Gasteiger partial charge is 0.307 e. The fourth-order valence-corrected chi connectivity index (χ4v) is 1.63. The summed E-state index contributed by atoms with van der Waals surface area (Å²) in [5.41, 5.74) is 0.546. The molecular weight excluding hydrogens is 178 g/mol. The fourth-order valence-electron chi connectivity index (χ4n) is 1.63. The Morgan fingerprint density at radius 2 is 2.21 bits per heavy atom. The number of carbonyl (C=O) groups excluding carboxylic acids is 1. The van der Waals surface area contributed by atoms with Crippen LogP contribution in [0.3, 0.4) is 0 Å². The van der Waals surface area contributed by atoms with Crippen molar-refractivity contribution in [3.63, 3.8) is 0 Å². The van der Waals surface area contributed by atoms with Crippen LogP contribution in [0.4, 0.5) is 0 Å². The van der Waals surface area contributed by atoms with Crippen LogP contribution in [0.1, 0.15) is 39.5 Å². The lowest BCUT2D eigenvalue weighted by Gasteiger charge is -2.17. The Morgan fingerprint density at radius 1 is 1.57 bits per heavy atom. The van der Waals surface area contributed by atoms with E-state index >= 15 is 0 Å². The van der Waals surface area contributed by atoms with Gasteiger partial charge in [-0.2, -0.15) is 0 Å². The molecule has 0 saturated heterocycles. The summed E-state index contributed by atoms with van der Waals surface area (Å²) in [6.07, 6.45) is 4.38. The zero-order valence-electron chi connectivity index (χ0n) is 9.43. The van der Waals surface area contributed by atoms with Gasteiger partial charge >= 0.3 is 5.97 Å². The summed E-state index contributed by atoms with van der Waals surface area (Å²) in [5, 5.41) is 3.40. The van der Waals surface area contributed by atoms with E-state index in [1.807, 2.05) is 6.92 Å². The molecule has 14 heavy (non-hydrogen) atoms. The Bertz CT molecular complexity index is 199. The maximum absolute atomic E-state index is 11.0. The van der Waals surface area contributed by atoms with E-state index in [0.717, 1.165) is 6.54 Å². The molecule has 0 radical (unpaired) electrons. The van der Waals surface area contributed by atoms with Crippen LogP contribution >= 0.6 is 0 Å². The Morgan fingerprint density at radius 3 is 2.64 bits per heavy atom. The van der Waals surface area contributed by atoms with Crippen molar-refractivity contribution in [2.24, 2.45) is 5.41 Å². The molecular formula is C11H21NO2. The van der Waals surface area contributed by atoms with Gasteiger partial charge in [-0.1, -0.05) is 6.92 Å². The Hall–Kier alpha value is -0.570. The molecule has 0 bridgehead atoms. The van der Waals surface area contributed by atoms with Gasteiger partial charge in [-0.3, -0.25) is 4.79 Å². The first-order valence-electron chi connectivity index (χ1n) is 5.42.